The largest absolute Gasteiger partial charge is 0.384 e. The van der Waals surface area contributed by atoms with Gasteiger partial charge in [-0.25, -0.2) is 9.97 Å². The molecule has 0 saturated carbocycles. The lowest BCUT2D eigenvalue weighted by Gasteiger charge is -2.09. The molecule has 0 aliphatic carbocycles. The Bertz CT molecular complexity index is 873. The zero-order chi connectivity index (χ0) is 16.6. The van der Waals surface area contributed by atoms with Gasteiger partial charge in [-0.15, -0.1) is 0 Å². The summed E-state index contributed by atoms with van der Waals surface area (Å²) < 4.78 is 1.69. The summed E-state index contributed by atoms with van der Waals surface area (Å²) in [6.07, 6.45) is 1.82. The van der Waals surface area contributed by atoms with Crippen molar-refractivity contribution in [1.29, 1.82) is 0 Å². The van der Waals surface area contributed by atoms with Crippen LogP contribution in [-0.4, -0.2) is 24.7 Å². The Morgan fingerprint density at radius 3 is 2.61 bits per heavy atom. The first-order chi connectivity index (χ1) is 10.9. The molecule has 0 fully saturated rings. The second-order valence-corrected chi connectivity index (χ2v) is 5.35. The van der Waals surface area contributed by atoms with E-state index in [-0.39, 0.29) is 10.8 Å². The molecule has 0 atom stereocenters. The fourth-order valence-electron chi connectivity index (χ4n) is 2.12. The predicted octanol–water partition coefficient (Wildman–Crippen LogP) is 2.14. The van der Waals surface area contributed by atoms with Gasteiger partial charge in [0.1, 0.15) is 22.4 Å². The predicted molar refractivity (Wildman–Crippen MR) is 90.3 cm³/mol. The third-order valence-electron chi connectivity index (χ3n) is 3.15. The number of nitrogens with one attached hydrogen (secondary N) is 1. The maximum Gasteiger partial charge on any atom is 0.229 e. The van der Waals surface area contributed by atoms with Crippen LogP contribution in [0.3, 0.4) is 0 Å². The van der Waals surface area contributed by atoms with Crippen LogP contribution in [-0.2, 0) is 7.05 Å². The fraction of sp³-hybridized carbons (Fsp3) is 0.143. The first-order valence-corrected chi connectivity index (χ1v) is 7.15. The maximum atomic E-state index is 6.22. The zero-order valence-electron chi connectivity index (χ0n) is 12.6. The number of nitrogen functional groups attached to an aromatic ring is 2. The number of pyridine rings is 1. The van der Waals surface area contributed by atoms with Crippen molar-refractivity contribution in [2.24, 2.45) is 7.05 Å². The van der Waals surface area contributed by atoms with E-state index < -0.39 is 0 Å². The van der Waals surface area contributed by atoms with Crippen LogP contribution in [0.2, 0.25) is 5.02 Å². The van der Waals surface area contributed by atoms with Crippen molar-refractivity contribution in [3.8, 4) is 11.4 Å². The minimum Gasteiger partial charge on any atom is -0.384 e. The lowest BCUT2D eigenvalue weighted by atomic mass is 10.2. The summed E-state index contributed by atoms with van der Waals surface area (Å²) in [6.45, 7) is 1.88. The minimum absolute atomic E-state index is 0.157. The van der Waals surface area contributed by atoms with E-state index in [9.17, 15) is 0 Å². The van der Waals surface area contributed by atoms with Gasteiger partial charge in [0.05, 0.1) is 17.1 Å². The van der Waals surface area contributed by atoms with Crippen molar-refractivity contribution >= 4 is 34.9 Å². The Labute approximate surface area is 137 Å². The normalized spacial score (nSPS) is 10.7. The lowest BCUT2D eigenvalue weighted by Crippen LogP contribution is -2.04. The first kappa shape index (κ1) is 15.0. The van der Waals surface area contributed by atoms with E-state index in [1.54, 1.807) is 22.9 Å². The summed E-state index contributed by atoms with van der Waals surface area (Å²) in [4.78, 5) is 12.8. The van der Waals surface area contributed by atoms with Gasteiger partial charge in [-0.3, -0.25) is 4.68 Å². The number of anilines is 4. The zero-order valence-corrected chi connectivity index (χ0v) is 13.3. The Hall–Kier alpha value is -2.87. The molecule has 23 heavy (non-hydrogen) atoms. The van der Waals surface area contributed by atoms with E-state index in [1.807, 2.05) is 20.2 Å². The van der Waals surface area contributed by atoms with Gasteiger partial charge in [0.25, 0.3) is 0 Å². The molecule has 0 aromatic carbocycles. The highest BCUT2D eigenvalue weighted by molar-refractivity contribution is 6.35. The molecule has 0 aliphatic rings. The fourth-order valence-corrected chi connectivity index (χ4v) is 2.30. The van der Waals surface area contributed by atoms with Gasteiger partial charge in [-0.2, -0.15) is 10.1 Å². The summed E-state index contributed by atoms with van der Waals surface area (Å²) >= 11 is 6.22. The van der Waals surface area contributed by atoms with Gasteiger partial charge in [-0.1, -0.05) is 17.7 Å². The first-order valence-electron chi connectivity index (χ1n) is 6.77. The number of nitrogens with two attached hydrogens (primary N) is 2. The molecule has 0 aliphatic heterocycles. The van der Waals surface area contributed by atoms with E-state index in [1.165, 1.54) is 0 Å². The highest BCUT2D eigenvalue weighted by Gasteiger charge is 2.15. The van der Waals surface area contributed by atoms with E-state index in [4.69, 9.17) is 23.1 Å². The topological polar surface area (TPSA) is 121 Å². The van der Waals surface area contributed by atoms with Crippen molar-refractivity contribution in [3.05, 3.63) is 35.1 Å². The van der Waals surface area contributed by atoms with Gasteiger partial charge in [0.15, 0.2) is 0 Å². The van der Waals surface area contributed by atoms with Crippen LogP contribution in [0, 0.1) is 6.92 Å². The minimum atomic E-state index is 0.157. The number of nitrogens with zero attached hydrogens (tertiary/aromatic N) is 5. The van der Waals surface area contributed by atoms with Crippen molar-refractivity contribution < 1.29 is 0 Å². The second kappa shape index (κ2) is 5.73. The summed E-state index contributed by atoms with van der Waals surface area (Å²) in [6, 6.07) is 5.20. The van der Waals surface area contributed by atoms with Crippen molar-refractivity contribution in [3.63, 3.8) is 0 Å². The average Bonchev–Trinajstić information content (AvgIpc) is 2.80. The van der Waals surface area contributed by atoms with Crippen molar-refractivity contribution in [2.45, 2.75) is 6.92 Å². The molecule has 0 bridgehead atoms. The van der Waals surface area contributed by atoms with Crippen molar-refractivity contribution in [2.75, 3.05) is 16.8 Å². The SMILES string of the molecule is Cc1nn(C)cc1Nc1nc(N)c(Cl)c(-c2cccc(N)n2)n1. The Morgan fingerprint density at radius 1 is 1.17 bits per heavy atom. The van der Waals surface area contributed by atoms with E-state index in [0.29, 0.717) is 23.2 Å². The summed E-state index contributed by atoms with van der Waals surface area (Å²) in [5.74, 6) is 0.834. The third-order valence-corrected chi connectivity index (χ3v) is 3.52. The molecule has 0 unspecified atom stereocenters. The van der Waals surface area contributed by atoms with E-state index in [2.05, 4.69) is 25.4 Å². The molecule has 3 heterocycles. The number of aromatic nitrogens is 5. The molecular weight excluding hydrogens is 316 g/mol. The van der Waals surface area contributed by atoms with Crippen LogP contribution in [0.5, 0.6) is 0 Å². The van der Waals surface area contributed by atoms with Crippen LogP contribution < -0.4 is 16.8 Å². The number of halogens is 1. The summed E-state index contributed by atoms with van der Waals surface area (Å²) in [7, 11) is 1.83. The summed E-state index contributed by atoms with van der Waals surface area (Å²) in [5.41, 5.74) is 14.1. The van der Waals surface area contributed by atoms with Crippen LogP contribution in [0.25, 0.3) is 11.4 Å². The van der Waals surface area contributed by atoms with E-state index in [0.717, 1.165) is 11.4 Å². The van der Waals surface area contributed by atoms with Crippen LogP contribution in [0.1, 0.15) is 5.69 Å². The molecule has 0 saturated heterocycles. The molecule has 0 amide bonds. The molecule has 0 spiro atoms. The highest BCUT2D eigenvalue weighted by atomic mass is 35.5. The number of rotatable bonds is 3. The smallest absolute Gasteiger partial charge is 0.229 e. The van der Waals surface area contributed by atoms with Crippen LogP contribution >= 0.6 is 11.6 Å². The van der Waals surface area contributed by atoms with Gasteiger partial charge >= 0.3 is 0 Å². The molecule has 3 rings (SSSR count). The Kier molecular flexibility index (Phi) is 3.75. The monoisotopic (exact) mass is 330 g/mol. The van der Waals surface area contributed by atoms with Gasteiger partial charge < -0.3 is 16.8 Å². The van der Waals surface area contributed by atoms with Crippen LogP contribution in [0.15, 0.2) is 24.4 Å². The molecule has 0 radical (unpaired) electrons. The Morgan fingerprint density at radius 2 is 1.96 bits per heavy atom. The van der Waals surface area contributed by atoms with E-state index >= 15 is 0 Å². The number of hydrogen-bond acceptors (Lipinski definition) is 7. The molecule has 118 valence electrons. The molecule has 3 aromatic rings. The van der Waals surface area contributed by atoms with Gasteiger partial charge in [-0.05, 0) is 19.1 Å². The third kappa shape index (κ3) is 3.02. The quantitative estimate of drug-likeness (QED) is 0.672. The number of aryl methyl sites for hydroxylation is 2. The lowest BCUT2D eigenvalue weighted by molar-refractivity contribution is 0.756. The molecular formula is C14H15ClN8. The highest BCUT2D eigenvalue weighted by Crippen LogP contribution is 2.30. The Balaban J connectivity index is 2.05. The number of hydrogen-bond donors (Lipinski definition) is 3. The second-order valence-electron chi connectivity index (χ2n) is 4.97. The maximum absolute atomic E-state index is 6.22. The summed E-state index contributed by atoms with van der Waals surface area (Å²) in [5, 5.41) is 7.57. The molecule has 5 N–H and O–H groups in total. The van der Waals surface area contributed by atoms with Crippen molar-refractivity contribution in [1.82, 2.24) is 24.7 Å². The van der Waals surface area contributed by atoms with Gasteiger partial charge in [0, 0.05) is 13.2 Å². The average molecular weight is 331 g/mol. The van der Waals surface area contributed by atoms with Crippen LogP contribution in [0.4, 0.5) is 23.3 Å². The van der Waals surface area contributed by atoms with Gasteiger partial charge in [0.2, 0.25) is 5.95 Å². The molecule has 8 nitrogen and oxygen atoms in total. The molecule has 3 aromatic heterocycles. The molecule has 9 heteroatoms. The standard InChI is InChI=1S/C14H15ClN8/c1-7-9(6-23(2)22-7)19-14-20-12(11(15)13(17)21-14)8-4-3-5-10(16)18-8/h3-6H,1-2H3,(H2,16,18)(H3,17,19,20,21).